The van der Waals surface area contributed by atoms with Crippen molar-refractivity contribution in [1.29, 1.82) is 0 Å². The van der Waals surface area contributed by atoms with Crippen LogP contribution in [0.3, 0.4) is 0 Å². The molecule has 34 heavy (non-hydrogen) atoms. The Hall–Kier alpha value is -3.37. The van der Waals surface area contributed by atoms with E-state index >= 15 is 0 Å². The SMILES string of the molecule is O=C(CCC1CCCCC1)N[C@]1(C(F)(F)F)C(=O)Nc2c1c(=O)[nH]c(=O)n2Cc1ccccc1. The highest BCUT2D eigenvalue weighted by atomic mass is 19.4. The van der Waals surface area contributed by atoms with Gasteiger partial charge in [0.2, 0.25) is 11.4 Å². The molecule has 1 aromatic carbocycles. The number of aromatic amines is 1. The first-order chi connectivity index (χ1) is 16.1. The largest absolute Gasteiger partial charge is 0.425 e. The third kappa shape index (κ3) is 4.26. The molecule has 2 amide bonds. The summed E-state index contributed by atoms with van der Waals surface area (Å²) >= 11 is 0. The number of hydrogen-bond acceptors (Lipinski definition) is 4. The molecule has 182 valence electrons. The third-order valence-corrected chi connectivity index (χ3v) is 6.59. The number of amides is 2. The van der Waals surface area contributed by atoms with E-state index in [2.05, 4.69) is 0 Å². The van der Waals surface area contributed by atoms with Crippen molar-refractivity contribution < 1.29 is 22.8 Å². The fourth-order valence-corrected chi connectivity index (χ4v) is 4.82. The molecule has 3 N–H and O–H groups in total. The standard InChI is InChI=1S/C23H25F3N4O4/c24-23(25,26)22(29-16(31)12-11-14-7-3-1-4-8-14)17-18(27-20(22)33)30(21(34)28-19(17)32)13-15-9-5-2-6-10-15/h2,5-6,9-10,14H,1,3-4,7-8,11-13H2,(H,27,33)(H,29,31)(H,28,32,34)/t22-/m0/s1. The zero-order chi connectivity index (χ0) is 24.5. The number of carbonyl (C=O) groups is 2. The lowest BCUT2D eigenvalue weighted by atomic mass is 9.85. The number of alkyl halides is 3. The van der Waals surface area contributed by atoms with Crippen molar-refractivity contribution in [1.82, 2.24) is 14.9 Å². The molecule has 1 fully saturated rings. The molecule has 1 aromatic heterocycles. The predicted octanol–water partition coefficient (Wildman–Crippen LogP) is 2.77. The predicted molar refractivity (Wildman–Crippen MR) is 117 cm³/mol. The third-order valence-electron chi connectivity index (χ3n) is 6.59. The molecule has 2 aromatic rings. The summed E-state index contributed by atoms with van der Waals surface area (Å²) in [6.45, 7) is -0.192. The van der Waals surface area contributed by atoms with Crippen LogP contribution in [0.2, 0.25) is 0 Å². The Morgan fingerprint density at radius 1 is 1.09 bits per heavy atom. The second-order valence-corrected chi connectivity index (χ2v) is 8.85. The highest BCUT2D eigenvalue weighted by molar-refractivity contribution is 6.07. The second kappa shape index (κ2) is 9.11. The number of halogens is 3. The molecule has 0 saturated heterocycles. The minimum Gasteiger partial charge on any atom is -0.330 e. The van der Waals surface area contributed by atoms with Crippen molar-refractivity contribution in [2.45, 2.75) is 63.2 Å². The van der Waals surface area contributed by atoms with Crippen LogP contribution in [0.4, 0.5) is 19.0 Å². The van der Waals surface area contributed by atoms with Gasteiger partial charge in [0.25, 0.3) is 11.5 Å². The van der Waals surface area contributed by atoms with Gasteiger partial charge in [-0.1, -0.05) is 62.4 Å². The van der Waals surface area contributed by atoms with E-state index in [0.717, 1.165) is 36.7 Å². The normalized spacial score (nSPS) is 20.6. The number of fused-ring (bicyclic) bond motifs is 1. The van der Waals surface area contributed by atoms with Gasteiger partial charge in [-0.3, -0.25) is 23.9 Å². The zero-order valence-corrected chi connectivity index (χ0v) is 18.3. The number of anilines is 1. The van der Waals surface area contributed by atoms with Crippen LogP contribution in [0.25, 0.3) is 0 Å². The van der Waals surface area contributed by atoms with Gasteiger partial charge >= 0.3 is 11.9 Å². The summed E-state index contributed by atoms with van der Waals surface area (Å²) in [6, 6.07) is 8.37. The van der Waals surface area contributed by atoms with Gasteiger partial charge in [-0.15, -0.1) is 0 Å². The minimum atomic E-state index is -5.33. The number of benzene rings is 1. The summed E-state index contributed by atoms with van der Waals surface area (Å²) < 4.78 is 44.1. The van der Waals surface area contributed by atoms with Crippen LogP contribution in [0.15, 0.2) is 39.9 Å². The number of nitrogens with zero attached hydrogens (tertiary/aromatic N) is 1. The highest BCUT2D eigenvalue weighted by Crippen LogP contribution is 2.45. The molecule has 8 nitrogen and oxygen atoms in total. The van der Waals surface area contributed by atoms with E-state index in [-0.39, 0.29) is 18.9 Å². The Morgan fingerprint density at radius 3 is 2.41 bits per heavy atom. The maximum absolute atomic E-state index is 14.4. The van der Waals surface area contributed by atoms with E-state index in [4.69, 9.17) is 0 Å². The lowest BCUT2D eigenvalue weighted by Crippen LogP contribution is -2.62. The minimum absolute atomic E-state index is 0.192. The topological polar surface area (TPSA) is 113 Å². The lowest BCUT2D eigenvalue weighted by molar-refractivity contribution is -0.200. The Bertz CT molecular complexity index is 1200. The van der Waals surface area contributed by atoms with Crippen molar-refractivity contribution in [3.05, 3.63) is 62.3 Å². The molecule has 11 heteroatoms. The van der Waals surface area contributed by atoms with Crippen LogP contribution in [-0.4, -0.2) is 27.5 Å². The molecule has 1 aliphatic heterocycles. The Kier molecular flexibility index (Phi) is 6.37. The monoisotopic (exact) mass is 478 g/mol. The maximum atomic E-state index is 14.4. The first-order valence-corrected chi connectivity index (χ1v) is 11.2. The number of hydrogen-bond donors (Lipinski definition) is 3. The van der Waals surface area contributed by atoms with Gasteiger partial charge in [0.15, 0.2) is 0 Å². The second-order valence-electron chi connectivity index (χ2n) is 8.85. The van der Waals surface area contributed by atoms with Gasteiger partial charge in [0, 0.05) is 6.42 Å². The van der Waals surface area contributed by atoms with Crippen molar-refractivity contribution in [2.75, 3.05) is 5.32 Å². The average Bonchev–Trinajstić information content (AvgIpc) is 3.10. The Morgan fingerprint density at radius 2 is 1.76 bits per heavy atom. The first kappa shape index (κ1) is 23.8. The van der Waals surface area contributed by atoms with Crippen LogP contribution in [0.1, 0.15) is 56.1 Å². The van der Waals surface area contributed by atoms with Crippen LogP contribution >= 0.6 is 0 Å². The molecule has 1 atom stereocenters. The summed E-state index contributed by atoms with van der Waals surface area (Å²) in [5, 5.41) is 3.86. The number of nitrogens with one attached hydrogen (secondary N) is 3. The molecule has 1 aliphatic carbocycles. The Labute approximate surface area is 192 Å². The first-order valence-electron chi connectivity index (χ1n) is 11.2. The molecule has 1 saturated carbocycles. The van der Waals surface area contributed by atoms with E-state index in [1.54, 1.807) is 30.3 Å². The highest BCUT2D eigenvalue weighted by Gasteiger charge is 2.68. The van der Waals surface area contributed by atoms with Gasteiger partial charge in [-0.2, -0.15) is 13.2 Å². The summed E-state index contributed by atoms with van der Waals surface area (Å²) in [5.74, 6) is -2.94. The fourth-order valence-electron chi connectivity index (χ4n) is 4.82. The van der Waals surface area contributed by atoms with Gasteiger partial charge in [0.1, 0.15) is 11.4 Å². The molecule has 0 unspecified atom stereocenters. The summed E-state index contributed by atoms with van der Waals surface area (Å²) in [6.07, 6.45) is -0.176. The van der Waals surface area contributed by atoms with E-state index in [1.807, 2.05) is 15.6 Å². The summed E-state index contributed by atoms with van der Waals surface area (Å²) in [5.41, 5.74) is -6.42. The molecule has 2 aliphatic rings. The number of H-pyrrole nitrogens is 1. The van der Waals surface area contributed by atoms with Crippen LogP contribution in [0, 0.1) is 5.92 Å². The number of carbonyl (C=O) groups excluding carboxylic acids is 2. The van der Waals surface area contributed by atoms with Crippen molar-refractivity contribution in [3.63, 3.8) is 0 Å². The molecule has 4 rings (SSSR count). The zero-order valence-electron chi connectivity index (χ0n) is 18.3. The molecule has 0 radical (unpaired) electrons. The van der Waals surface area contributed by atoms with E-state index in [1.165, 1.54) is 0 Å². The molecule has 2 heterocycles. The maximum Gasteiger partial charge on any atom is 0.425 e. The van der Waals surface area contributed by atoms with Crippen molar-refractivity contribution in [3.8, 4) is 0 Å². The quantitative estimate of drug-likeness (QED) is 0.593. The van der Waals surface area contributed by atoms with Gasteiger partial charge in [-0.05, 0) is 17.9 Å². The molecule has 0 spiro atoms. The number of rotatable bonds is 6. The van der Waals surface area contributed by atoms with Crippen LogP contribution in [-0.2, 0) is 21.7 Å². The van der Waals surface area contributed by atoms with E-state index < -0.39 is 46.2 Å². The molecular formula is C23H25F3N4O4. The summed E-state index contributed by atoms with van der Waals surface area (Å²) in [7, 11) is 0. The summed E-state index contributed by atoms with van der Waals surface area (Å²) in [4.78, 5) is 52.4. The smallest absolute Gasteiger partial charge is 0.330 e. The van der Waals surface area contributed by atoms with Gasteiger partial charge < -0.3 is 10.6 Å². The van der Waals surface area contributed by atoms with Crippen LogP contribution in [0.5, 0.6) is 0 Å². The fraction of sp³-hybridized carbons (Fsp3) is 0.478. The molecule has 0 bridgehead atoms. The van der Waals surface area contributed by atoms with E-state index in [9.17, 15) is 32.3 Å². The Balaban J connectivity index is 1.71. The average molecular weight is 478 g/mol. The van der Waals surface area contributed by atoms with E-state index in [0.29, 0.717) is 12.0 Å². The molecular weight excluding hydrogens is 453 g/mol. The van der Waals surface area contributed by atoms with Crippen molar-refractivity contribution >= 4 is 17.6 Å². The van der Waals surface area contributed by atoms with Gasteiger partial charge in [0.05, 0.1) is 6.54 Å². The lowest BCUT2D eigenvalue weighted by Gasteiger charge is -2.30. The number of aromatic nitrogens is 2. The van der Waals surface area contributed by atoms with Crippen molar-refractivity contribution in [2.24, 2.45) is 5.92 Å². The van der Waals surface area contributed by atoms with Crippen LogP contribution < -0.4 is 21.9 Å². The van der Waals surface area contributed by atoms with Gasteiger partial charge in [-0.25, -0.2) is 4.79 Å².